The Labute approximate surface area is 162 Å². The molecule has 0 saturated heterocycles. The van der Waals surface area contributed by atoms with Gasteiger partial charge in [0.15, 0.2) is 17.3 Å². The molecule has 0 saturated carbocycles. The van der Waals surface area contributed by atoms with E-state index >= 15 is 0 Å². The van der Waals surface area contributed by atoms with E-state index < -0.39 is 6.09 Å². The summed E-state index contributed by atoms with van der Waals surface area (Å²) >= 11 is 6.12. The third kappa shape index (κ3) is 2.89. The van der Waals surface area contributed by atoms with Gasteiger partial charge in [0, 0.05) is 17.1 Å². The van der Waals surface area contributed by atoms with Crippen molar-refractivity contribution in [1.29, 1.82) is 0 Å². The van der Waals surface area contributed by atoms with E-state index in [1.807, 2.05) is 13.0 Å². The molecule has 10 nitrogen and oxygen atoms in total. The maximum atomic E-state index is 11.3. The van der Waals surface area contributed by atoms with Crippen LogP contribution in [0.15, 0.2) is 35.1 Å². The lowest BCUT2D eigenvalue weighted by Gasteiger charge is -2.10. The number of halogens is 1. The quantitative estimate of drug-likeness (QED) is 0.472. The number of rotatable bonds is 4. The summed E-state index contributed by atoms with van der Waals surface area (Å²) < 4.78 is 6.47. The number of fused-ring (bicyclic) bond motifs is 1. The molecule has 11 heteroatoms. The van der Waals surface area contributed by atoms with Crippen LogP contribution in [0.2, 0.25) is 5.02 Å². The molecular weight excluding hydrogens is 386 g/mol. The molecule has 1 aromatic carbocycles. The smallest absolute Gasteiger partial charge is 0.409 e. The van der Waals surface area contributed by atoms with Gasteiger partial charge in [0.05, 0.1) is 23.1 Å². The first-order chi connectivity index (χ1) is 13.5. The number of carbonyl (C=O) groups is 1. The monoisotopic (exact) mass is 399 g/mol. The highest BCUT2D eigenvalue weighted by molar-refractivity contribution is 6.30. The molecule has 0 radical (unpaired) electrons. The average Bonchev–Trinajstić information content (AvgIpc) is 3.24. The minimum absolute atomic E-state index is 0.0787. The molecule has 0 aliphatic heterocycles. The third-order valence-electron chi connectivity index (χ3n) is 4.15. The minimum Gasteiger partial charge on any atom is -0.465 e. The summed E-state index contributed by atoms with van der Waals surface area (Å²) in [6.07, 6.45) is 0.223. The topological polar surface area (TPSA) is 145 Å². The molecular formula is C17H14ClN7O3. The molecule has 0 bridgehead atoms. The number of nitrogens with zero attached hydrogens (tertiary/aromatic N) is 5. The Balaban J connectivity index is 2.07. The van der Waals surface area contributed by atoms with Crippen LogP contribution in [0.3, 0.4) is 0 Å². The largest absolute Gasteiger partial charge is 0.465 e. The Hall–Kier alpha value is -3.66. The van der Waals surface area contributed by atoms with Gasteiger partial charge in [-0.05, 0) is 29.4 Å². The standard InChI is InChI=1S/C17H14ClN7O3/c1-2-25-14-10(21-17(26)27)7-20-11(8-4-3-5-9(18)6-8)12(14)22-16(25)13-15(19)24-28-23-13/h3-7,21H,2H2,1H3,(H2,19,24)(H,26,27). The summed E-state index contributed by atoms with van der Waals surface area (Å²) in [4.78, 5) is 20.3. The zero-order chi connectivity index (χ0) is 19.8. The van der Waals surface area contributed by atoms with Crippen molar-refractivity contribution >= 4 is 40.2 Å². The van der Waals surface area contributed by atoms with Crippen LogP contribution in [0, 0.1) is 0 Å². The number of nitrogens with two attached hydrogens (primary N) is 1. The Morgan fingerprint density at radius 3 is 2.82 bits per heavy atom. The van der Waals surface area contributed by atoms with E-state index in [0.29, 0.717) is 34.1 Å². The lowest BCUT2D eigenvalue weighted by Crippen LogP contribution is -2.10. The number of hydrogen-bond donors (Lipinski definition) is 3. The molecule has 0 fully saturated rings. The van der Waals surface area contributed by atoms with Crippen molar-refractivity contribution in [3.05, 3.63) is 35.5 Å². The van der Waals surface area contributed by atoms with Crippen LogP contribution in [-0.2, 0) is 6.54 Å². The van der Waals surface area contributed by atoms with Crippen LogP contribution >= 0.6 is 11.6 Å². The van der Waals surface area contributed by atoms with Crippen molar-refractivity contribution in [3.8, 4) is 22.8 Å². The number of benzene rings is 1. The zero-order valence-electron chi connectivity index (χ0n) is 14.5. The Bertz CT molecular complexity index is 1200. The summed E-state index contributed by atoms with van der Waals surface area (Å²) in [5, 5.41) is 19.5. The maximum Gasteiger partial charge on any atom is 0.409 e. The minimum atomic E-state index is -1.22. The van der Waals surface area contributed by atoms with Gasteiger partial charge in [-0.1, -0.05) is 23.7 Å². The number of aryl methyl sites for hydroxylation is 1. The molecule has 3 aromatic heterocycles. The van der Waals surface area contributed by atoms with E-state index in [9.17, 15) is 9.90 Å². The van der Waals surface area contributed by atoms with E-state index in [1.54, 1.807) is 22.8 Å². The molecule has 4 rings (SSSR count). The normalized spacial score (nSPS) is 11.1. The van der Waals surface area contributed by atoms with Crippen molar-refractivity contribution in [3.63, 3.8) is 0 Å². The van der Waals surface area contributed by atoms with Crippen molar-refractivity contribution in [1.82, 2.24) is 24.8 Å². The molecule has 0 aliphatic carbocycles. The highest BCUT2D eigenvalue weighted by Gasteiger charge is 2.23. The van der Waals surface area contributed by atoms with Crippen molar-refractivity contribution in [2.45, 2.75) is 13.5 Å². The Morgan fingerprint density at radius 2 is 2.18 bits per heavy atom. The summed E-state index contributed by atoms with van der Waals surface area (Å²) in [6, 6.07) is 7.14. The second-order valence-electron chi connectivity index (χ2n) is 5.84. The SMILES string of the molecule is CCn1c(-c2nonc2N)nc2c(-c3cccc(Cl)c3)ncc(NC(=O)O)c21. The summed E-state index contributed by atoms with van der Waals surface area (Å²) in [7, 11) is 0. The van der Waals surface area contributed by atoms with E-state index in [1.165, 1.54) is 6.20 Å². The molecule has 142 valence electrons. The van der Waals surface area contributed by atoms with E-state index in [2.05, 4.69) is 25.6 Å². The number of aromatic nitrogens is 5. The molecule has 0 aliphatic rings. The fraction of sp³-hybridized carbons (Fsp3) is 0.118. The van der Waals surface area contributed by atoms with Gasteiger partial charge in [-0.2, -0.15) is 0 Å². The molecule has 4 N–H and O–H groups in total. The van der Waals surface area contributed by atoms with Crippen LogP contribution in [0.1, 0.15) is 6.92 Å². The number of pyridine rings is 1. The van der Waals surface area contributed by atoms with Crippen LogP contribution < -0.4 is 11.1 Å². The first kappa shape index (κ1) is 17.7. The lowest BCUT2D eigenvalue weighted by molar-refractivity contribution is 0.210. The highest BCUT2D eigenvalue weighted by Crippen LogP contribution is 2.36. The van der Waals surface area contributed by atoms with Gasteiger partial charge in [-0.15, -0.1) is 0 Å². The number of amides is 1. The molecule has 0 spiro atoms. The predicted molar refractivity (Wildman–Crippen MR) is 103 cm³/mol. The number of nitrogen functional groups attached to an aromatic ring is 1. The number of nitrogens with one attached hydrogen (secondary N) is 1. The van der Waals surface area contributed by atoms with Crippen molar-refractivity contribution in [2.75, 3.05) is 11.1 Å². The highest BCUT2D eigenvalue weighted by atomic mass is 35.5. The van der Waals surface area contributed by atoms with Crippen LogP contribution in [0.4, 0.5) is 16.3 Å². The van der Waals surface area contributed by atoms with Crippen molar-refractivity contribution < 1.29 is 14.5 Å². The number of carboxylic acid groups (broad SMARTS) is 1. The molecule has 0 unspecified atom stereocenters. The summed E-state index contributed by atoms with van der Waals surface area (Å²) in [5.41, 5.74) is 8.66. The van der Waals surface area contributed by atoms with Gasteiger partial charge in [-0.25, -0.2) is 14.4 Å². The number of hydrogen-bond acceptors (Lipinski definition) is 7. The second kappa shape index (κ2) is 6.82. The molecule has 3 heterocycles. The first-order valence-electron chi connectivity index (χ1n) is 8.23. The van der Waals surface area contributed by atoms with Gasteiger partial charge in [0.2, 0.25) is 0 Å². The Kier molecular flexibility index (Phi) is 4.32. The summed E-state index contributed by atoms with van der Waals surface area (Å²) in [6.45, 7) is 2.35. The fourth-order valence-corrected chi connectivity index (χ4v) is 3.23. The molecule has 4 aromatic rings. The van der Waals surface area contributed by atoms with Crippen LogP contribution in [0.5, 0.6) is 0 Å². The van der Waals surface area contributed by atoms with Gasteiger partial charge < -0.3 is 15.4 Å². The van der Waals surface area contributed by atoms with Gasteiger partial charge in [-0.3, -0.25) is 10.3 Å². The first-order valence-corrected chi connectivity index (χ1v) is 8.61. The Morgan fingerprint density at radius 1 is 1.36 bits per heavy atom. The van der Waals surface area contributed by atoms with E-state index in [0.717, 1.165) is 5.56 Å². The van der Waals surface area contributed by atoms with Gasteiger partial charge >= 0.3 is 6.09 Å². The molecule has 28 heavy (non-hydrogen) atoms. The summed E-state index contributed by atoms with van der Waals surface area (Å²) in [5.74, 6) is 0.469. The zero-order valence-corrected chi connectivity index (χ0v) is 15.3. The lowest BCUT2D eigenvalue weighted by atomic mass is 10.1. The average molecular weight is 400 g/mol. The van der Waals surface area contributed by atoms with E-state index in [4.69, 9.17) is 22.0 Å². The fourth-order valence-electron chi connectivity index (χ4n) is 3.04. The van der Waals surface area contributed by atoms with Gasteiger partial charge in [0.1, 0.15) is 5.52 Å². The molecule has 1 amide bonds. The maximum absolute atomic E-state index is 11.3. The molecule has 0 atom stereocenters. The third-order valence-corrected chi connectivity index (χ3v) is 4.39. The van der Waals surface area contributed by atoms with Gasteiger partial charge in [0.25, 0.3) is 0 Å². The number of anilines is 2. The number of imidazole rings is 1. The van der Waals surface area contributed by atoms with Crippen LogP contribution in [-0.4, -0.2) is 36.0 Å². The van der Waals surface area contributed by atoms with E-state index in [-0.39, 0.29) is 17.2 Å². The van der Waals surface area contributed by atoms with Crippen LogP contribution in [0.25, 0.3) is 33.8 Å². The predicted octanol–water partition coefficient (Wildman–Crippen LogP) is 3.49. The second-order valence-corrected chi connectivity index (χ2v) is 6.27. The van der Waals surface area contributed by atoms with Crippen molar-refractivity contribution in [2.24, 2.45) is 0 Å².